The summed E-state index contributed by atoms with van der Waals surface area (Å²) in [7, 11) is -1.16. The molecular weight excluding hydrogens is 278 g/mol. The average molecular weight is 295 g/mol. The largest absolute Gasteiger partial charge is 0.372 e. The molecule has 1 aliphatic rings. The molecule has 0 radical (unpaired) electrons. The van der Waals surface area contributed by atoms with Gasteiger partial charge >= 0.3 is 0 Å². The number of imidazole rings is 1. The number of aromatic nitrogens is 3. The number of hydrogen-bond donors (Lipinski definition) is 2. The van der Waals surface area contributed by atoms with Crippen molar-refractivity contribution in [3.05, 3.63) is 18.6 Å². The van der Waals surface area contributed by atoms with E-state index in [2.05, 4.69) is 20.6 Å². The summed E-state index contributed by atoms with van der Waals surface area (Å²) in [6.07, 6.45) is 6.81. The molecule has 2 aromatic heterocycles. The molecule has 0 saturated carbocycles. The monoisotopic (exact) mass is 295 g/mol. The van der Waals surface area contributed by atoms with Crippen molar-refractivity contribution in [1.29, 1.82) is 0 Å². The van der Waals surface area contributed by atoms with E-state index in [1.54, 1.807) is 13.2 Å². The molecule has 3 heterocycles. The van der Waals surface area contributed by atoms with Crippen LogP contribution in [0.25, 0.3) is 5.65 Å². The first-order valence-electron chi connectivity index (χ1n) is 6.57. The highest BCUT2D eigenvalue weighted by molar-refractivity contribution is 7.92. The quantitative estimate of drug-likeness (QED) is 0.866. The fraction of sp³-hybridized carbons (Fsp3) is 0.500. The third-order valence-electron chi connectivity index (χ3n) is 3.59. The molecule has 1 unspecified atom stereocenters. The van der Waals surface area contributed by atoms with Crippen LogP contribution in [-0.4, -0.2) is 47.4 Å². The molecule has 0 bridgehead atoms. The smallest absolute Gasteiger partial charge is 0.180 e. The Morgan fingerprint density at radius 1 is 1.50 bits per heavy atom. The maximum absolute atomic E-state index is 11.8. The van der Waals surface area contributed by atoms with Gasteiger partial charge in [-0.1, -0.05) is 0 Å². The number of sulfone groups is 1. The highest BCUT2D eigenvalue weighted by Gasteiger charge is 2.31. The molecule has 20 heavy (non-hydrogen) atoms. The Morgan fingerprint density at radius 2 is 2.35 bits per heavy atom. The molecule has 0 spiro atoms. The minimum absolute atomic E-state index is 0.294. The van der Waals surface area contributed by atoms with Crippen LogP contribution in [0, 0.1) is 0 Å². The minimum atomic E-state index is -2.95. The number of anilines is 2. The molecule has 108 valence electrons. The van der Waals surface area contributed by atoms with Gasteiger partial charge in [0.2, 0.25) is 0 Å². The average Bonchev–Trinajstić information content (AvgIpc) is 3.01. The maximum Gasteiger partial charge on any atom is 0.180 e. The molecule has 1 atom stereocenters. The van der Waals surface area contributed by atoms with Crippen LogP contribution in [0.15, 0.2) is 18.6 Å². The van der Waals surface area contributed by atoms with Crippen LogP contribution in [0.4, 0.5) is 11.6 Å². The molecule has 0 amide bonds. The molecule has 0 aromatic carbocycles. The first-order chi connectivity index (χ1) is 9.60. The first-order valence-corrected chi connectivity index (χ1v) is 8.28. The summed E-state index contributed by atoms with van der Waals surface area (Å²) in [6.45, 7) is 0.380. The fourth-order valence-corrected chi connectivity index (χ4v) is 4.23. The van der Waals surface area contributed by atoms with E-state index in [-0.39, 0.29) is 5.25 Å². The normalized spacial score (nSPS) is 21.1. The molecule has 2 aromatic rings. The SMILES string of the molecule is CNc1cn2ccnc2c(NCC2CCCS2(=O)=O)n1. The molecule has 2 N–H and O–H groups in total. The first kappa shape index (κ1) is 13.2. The molecular formula is C12H17N5O2S. The Kier molecular flexibility index (Phi) is 3.25. The third-order valence-corrected chi connectivity index (χ3v) is 5.87. The van der Waals surface area contributed by atoms with Gasteiger partial charge in [0.15, 0.2) is 21.3 Å². The number of fused-ring (bicyclic) bond motifs is 1. The van der Waals surface area contributed by atoms with Crippen molar-refractivity contribution in [3.8, 4) is 0 Å². The van der Waals surface area contributed by atoms with Gasteiger partial charge in [-0.25, -0.2) is 18.4 Å². The van der Waals surface area contributed by atoms with Crippen molar-refractivity contribution in [2.45, 2.75) is 18.1 Å². The number of nitrogens with one attached hydrogen (secondary N) is 2. The topological polar surface area (TPSA) is 88.4 Å². The van der Waals surface area contributed by atoms with E-state index in [0.29, 0.717) is 36.0 Å². The summed E-state index contributed by atoms with van der Waals surface area (Å²) in [5, 5.41) is 5.79. The Balaban J connectivity index is 1.85. The Labute approximate surface area is 117 Å². The lowest BCUT2D eigenvalue weighted by atomic mass is 10.2. The summed E-state index contributed by atoms with van der Waals surface area (Å²) < 4.78 is 25.5. The molecule has 7 nitrogen and oxygen atoms in total. The number of rotatable bonds is 4. The number of nitrogens with zero attached hydrogens (tertiary/aromatic N) is 3. The van der Waals surface area contributed by atoms with Gasteiger partial charge in [-0.15, -0.1) is 0 Å². The Morgan fingerprint density at radius 3 is 3.05 bits per heavy atom. The van der Waals surface area contributed by atoms with Gasteiger partial charge in [0.05, 0.1) is 17.2 Å². The van der Waals surface area contributed by atoms with Crippen molar-refractivity contribution >= 4 is 27.1 Å². The molecule has 1 fully saturated rings. The van der Waals surface area contributed by atoms with Crippen LogP contribution in [0.5, 0.6) is 0 Å². The van der Waals surface area contributed by atoms with Crippen molar-refractivity contribution in [1.82, 2.24) is 14.4 Å². The van der Waals surface area contributed by atoms with E-state index in [0.717, 1.165) is 6.42 Å². The summed E-state index contributed by atoms with van der Waals surface area (Å²) in [5.41, 5.74) is 0.694. The number of hydrogen-bond acceptors (Lipinski definition) is 6. The standard InChI is InChI=1S/C12H17N5O2S/c1-13-10-8-17-5-4-14-12(17)11(16-10)15-7-9-3-2-6-20(9,18)19/h4-5,8-9,13H,2-3,6-7H2,1H3,(H,15,16). The maximum atomic E-state index is 11.8. The van der Waals surface area contributed by atoms with Crippen LogP contribution >= 0.6 is 0 Å². The highest BCUT2D eigenvalue weighted by atomic mass is 32.2. The van der Waals surface area contributed by atoms with E-state index in [1.807, 2.05) is 16.8 Å². The lowest BCUT2D eigenvalue weighted by Gasteiger charge is -2.13. The van der Waals surface area contributed by atoms with Crippen molar-refractivity contribution in [3.63, 3.8) is 0 Å². The zero-order valence-electron chi connectivity index (χ0n) is 11.2. The molecule has 3 rings (SSSR count). The highest BCUT2D eigenvalue weighted by Crippen LogP contribution is 2.22. The van der Waals surface area contributed by atoms with Gasteiger partial charge in [-0.2, -0.15) is 0 Å². The minimum Gasteiger partial charge on any atom is -0.372 e. The van der Waals surface area contributed by atoms with Crippen molar-refractivity contribution in [2.75, 3.05) is 30.0 Å². The fourth-order valence-electron chi connectivity index (χ4n) is 2.47. The van der Waals surface area contributed by atoms with Gasteiger partial charge < -0.3 is 15.0 Å². The van der Waals surface area contributed by atoms with Crippen molar-refractivity contribution < 1.29 is 8.42 Å². The summed E-state index contributed by atoms with van der Waals surface area (Å²) in [4.78, 5) is 8.64. The second-order valence-electron chi connectivity index (χ2n) is 4.89. The Hall–Kier alpha value is -1.83. The van der Waals surface area contributed by atoms with Crippen LogP contribution in [-0.2, 0) is 9.84 Å². The van der Waals surface area contributed by atoms with E-state index < -0.39 is 9.84 Å². The van der Waals surface area contributed by atoms with E-state index in [9.17, 15) is 8.42 Å². The second kappa shape index (κ2) is 4.93. The summed E-state index contributed by atoms with van der Waals surface area (Å²) >= 11 is 0. The van der Waals surface area contributed by atoms with Gasteiger partial charge in [-0.05, 0) is 12.8 Å². The van der Waals surface area contributed by atoms with Crippen LogP contribution < -0.4 is 10.6 Å². The zero-order valence-corrected chi connectivity index (χ0v) is 12.0. The van der Waals surface area contributed by atoms with Gasteiger partial charge in [-0.3, -0.25) is 0 Å². The Bertz CT molecular complexity index is 725. The molecule has 0 aliphatic carbocycles. The van der Waals surface area contributed by atoms with Gasteiger partial charge in [0.1, 0.15) is 5.82 Å². The molecule has 1 saturated heterocycles. The van der Waals surface area contributed by atoms with Crippen molar-refractivity contribution in [2.24, 2.45) is 0 Å². The van der Waals surface area contributed by atoms with Crippen LogP contribution in [0.1, 0.15) is 12.8 Å². The van der Waals surface area contributed by atoms with Crippen LogP contribution in [0.2, 0.25) is 0 Å². The molecule has 8 heteroatoms. The van der Waals surface area contributed by atoms with E-state index in [1.165, 1.54) is 0 Å². The van der Waals surface area contributed by atoms with Crippen LogP contribution in [0.3, 0.4) is 0 Å². The molecule has 1 aliphatic heterocycles. The zero-order chi connectivity index (χ0) is 14.2. The lowest BCUT2D eigenvalue weighted by molar-refractivity contribution is 0.591. The predicted molar refractivity (Wildman–Crippen MR) is 77.8 cm³/mol. The predicted octanol–water partition coefficient (Wildman–Crippen LogP) is 0.760. The van der Waals surface area contributed by atoms with Gasteiger partial charge in [0.25, 0.3) is 0 Å². The van der Waals surface area contributed by atoms with Gasteiger partial charge in [0, 0.05) is 26.0 Å². The van der Waals surface area contributed by atoms with E-state index >= 15 is 0 Å². The van der Waals surface area contributed by atoms with E-state index in [4.69, 9.17) is 0 Å². The lowest BCUT2D eigenvalue weighted by Crippen LogP contribution is -2.25. The second-order valence-corrected chi connectivity index (χ2v) is 7.30. The third kappa shape index (κ3) is 2.31. The summed E-state index contributed by atoms with van der Waals surface area (Å²) in [6, 6.07) is 0. The summed E-state index contributed by atoms with van der Waals surface area (Å²) in [5.74, 6) is 1.60.